The monoisotopic (exact) mass is 251 g/mol. The van der Waals surface area contributed by atoms with E-state index in [0.717, 1.165) is 17.7 Å². The Morgan fingerprint density at radius 1 is 1.22 bits per heavy atom. The number of carboxylic acids is 1. The molecule has 4 heteroatoms. The number of hydrogen-bond acceptors (Lipinski definition) is 3. The average molecular weight is 251 g/mol. The third kappa shape index (κ3) is 4.85. The van der Waals surface area contributed by atoms with Crippen LogP contribution in [-0.4, -0.2) is 40.3 Å². The minimum atomic E-state index is -0.813. The van der Waals surface area contributed by atoms with Gasteiger partial charge in [-0.1, -0.05) is 24.3 Å². The first kappa shape index (κ1) is 14.7. The summed E-state index contributed by atoms with van der Waals surface area (Å²) in [4.78, 5) is 12.7. The van der Waals surface area contributed by atoms with Crippen molar-refractivity contribution in [3.63, 3.8) is 0 Å². The molecule has 0 atom stereocenters. The highest BCUT2D eigenvalue weighted by molar-refractivity contribution is 5.70. The molecule has 0 aliphatic carbocycles. The predicted octanol–water partition coefficient (Wildman–Crippen LogP) is 1.52. The molecule has 1 aromatic carbocycles. The molecule has 0 aromatic heterocycles. The van der Waals surface area contributed by atoms with Crippen LogP contribution in [0.2, 0.25) is 0 Å². The number of carboxylic acid groups (broad SMARTS) is 1. The SMILES string of the molecule is CC(C)N(CCO)Cc1ccc(CC(=O)O)cc1. The first-order chi connectivity index (χ1) is 8.52. The van der Waals surface area contributed by atoms with Crippen LogP contribution >= 0.6 is 0 Å². The number of hydrogen-bond donors (Lipinski definition) is 2. The Morgan fingerprint density at radius 3 is 2.22 bits per heavy atom. The van der Waals surface area contributed by atoms with Gasteiger partial charge in [0.2, 0.25) is 0 Å². The molecule has 0 heterocycles. The van der Waals surface area contributed by atoms with Crippen molar-refractivity contribution in [1.82, 2.24) is 4.90 Å². The lowest BCUT2D eigenvalue weighted by atomic mass is 10.1. The van der Waals surface area contributed by atoms with Gasteiger partial charge < -0.3 is 10.2 Å². The Labute approximate surface area is 108 Å². The van der Waals surface area contributed by atoms with E-state index >= 15 is 0 Å². The lowest BCUT2D eigenvalue weighted by Gasteiger charge is -2.25. The summed E-state index contributed by atoms with van der Waals surface area (Å²) >= 11 is 0. The van der Waals surface area contributed by atoms with Crippen molar-refractivity contribution in [3.05, 3.63) is 35.4 Å². The van der Waals surface area contributed by atoms with Gasteiger partial charge in [-0.25, -0.2) is 0 Å². The number of aliphatic hydroxyl groups excluding tert-OH is 1. The second kappa shape index (κ2) is 7.13. The van der Waals surface area contributed by atoms with E-state index < -0.39 is 5.97 Å². The number of aliphatic carboxylic acids is 1. The van der Waals surface area contributed by atoms with Gasteiger partial charge in [0.05, 0.1) is 13.0 Å². The van der Waals surface area contributed by atoms with E-state index in [1.165, 1.54) is 0 Å². The summed E-state index contributed by atoms with van der Waals surface area (Å²) in [6, 6.07) is 7.97. The van der Waals surface area contributed by atoms with Gasteiger partial charge in [-0.15, -0.1) is 0 Å². The summed E-state index contributed by atoms with van der Waals surface area (Å²) in [5, 5.41) is 17.7. The fraction of sp³-hybridized carbons (Fsp3) is 0.500. The standard InChI is InChI=1S/C14H21NO3/c1-11(2)15(7-8-16)10-13-5-3-12(4-6-13)9-14(17)18/h3-6,11,16H,7-10H2,1-2H3,(H,17,18). The molecule has 0 fully saturated rings. The van der Waals surface area contributed by atoms with Crippen molar-refractivity contribution in [2.24, 2.45) is 0 Å². The van der Waals surface area contributed by atoms with Crippen molar-refractivity contribution < 1.29 is 15.0 Å². The molecular weight excluding hydrogens is 230 g/mol. The van der Waals surface area contributed by atoms with Crippen LogP contribution in [0.25, 0.3) is 0 Å². The van der Waals surface area contributed by atoms with E-state index in [2.05, 4.69) is 18.7 Å². The van der Waals surface area contributed by atoms with Crippen LogP contribution < -0.4 is 0 Å². The van der Waals surface area contributed by atoms with Gasteiger partial charge in [-0.3, -0.25) is 9.69 Å². The molecule has 18 heavy (non-hydrogen) atoms. The smallest absolute Gasteiger partial charge is 0.307 e. The third-order valence-corrected chi connectivity index (χ3v) is 2.88. The maximum atomic E-state index is 10.6. The fourth-order valence-electron chi connectivity index (χ4n) is 1.82. The molecule has 0 saturated carbocycles. The normalized spacial score (nSPS) is 11.2. The average Bonchev–Trinajstić information content (AvgIpc) is 2.30. The summed E-state index contributed by atoms with van der Waals surface area (Å²) in [6.45, 7) is 5.75. The third-order valence-electron chi connectivity index (χ3n) is 2.88. The number of benzene rings is 1. The Morgan fingerprint density at radius 2 is 1.78 bits per heavy atom. The molecule has 0 radical (unpaired) electrons. The number of aliphatic hydroxyl groups is 1. The van der Waals surface area contributed by atoms with E-state index in [1.54, 1.807) is 0 Å². The molecule has 0 amide bonds. The van der Waals surface area contributed by atoms with E-state index in [4.69, 9.17) is 10.2 Å². The van der Waals surface area contributed by atoms with Gasteiger partial charge >= 0.3 is 5.97 Å². The zero-order valence-corrected chi connectivity index (χ0v) is 11.0. The Hall–Kier alpha value is -1.39. The van der Waals surface area contributed by atoms with Gasteiger partial charge in [0.15, 0.2) is 0 Å². The summed E-state index contributed by atoms with van der Waals surface area (Å²) in [6.07, 6.45) is 0.0603. The Kier molecular flexibility index (Phi) is 5.82. The molecule has 2 N–H and O–H groups in total. The van der Waals surface area contributed by atoms with E-state index in [0.29, 0.717) is 12.6 Å². The van der Waals surface area contributed by atoms with E-state index in [1.807, 2.05) is 24.3 Å². The van der Waals surface area contributed by atoms with Crippen LogP contribution in [0.15, 0.2) is 24.3 Å². The van der Waals surface area contributed by atoms with Gasteiger partial charge in [0, 0.05) is 19.1 Å². The quantitative estimate of drug-likeness (QED) is 0.771. The number of nitrogens with zero attached hydrogens (tertiary/aromatic N) is 1. The van der Waals surface area contributed by atoms with E-state index in [-0.39, 0.29) is 13.0 Å². The highest BCUT2D eigenvalue weighted by atomic mass is 16.4. The highest BCUT2D eigenvalue weighted by Crippen LogP contribution is 2.10. The first-order valence-corrected chi connectivity index (χ1v) is 6.17. The van der Waals surface area contributed by atoms with Crippen LogP contribution in [0.1, 0.15) is 25.0 Å². The Balaban J connectivity index is 2.64. The number of carbonyl (C=O) groups is 1. The van der Waals surface area contributed by atoms with Crippen LogP contribution in [-0.2, 0) is 17.8 Å². The van der Waals surface area contributed by atoms with Gasteiger partial charge in [-0.05, 0) is 25.0 Å². The minimum absolute atomic E-state index is 0.0603. The van der Waals surface area contributed by atoms with Gasteiger partial charge in [-0.2, -0.15) is 0 Å². The topological polar surface area (TPSA) is 60.8 Å². The molecule has 0 bridgehead atoms. The molecular formula is C14H21NO3. The largest absolute Gasteiger partial charge is 0.481 e. The fourth-order valence-corrected chi connectivity index (χ4v) is 1.82. The predicted molar refractivity (Wildman–Crippen MR) is 70.4 cm³/mol. The zero-order valence-electron chi connectivity index (χ0n) is 11.0. The highest BCUT2D eigenvalue weighted by Gasteiger charge is 2.09. The second-order valence-corrected chi connectivity index (χ2v) is 4.67. The minimum Gasteiger partial charge on any atom is -0.481 e. The van der Waals surface area contributed by atoms with E-state index in [9.17, 15) is 4.79 Å². The van der Waals surface area contributed by atoms with Crippen LogP contribution in [0.3, 0.4) is 0 Å². The Bertz CT molecular complexity index is 373. The summed E-state index contributed by atoms with van der Waals surface area (Å²) in [7, 11) is 0. The van der Waals surface area contributed by atoms with Crippen molar-refractivity contribution >= 4 is 5.97 Å². The second-order valence-electron chi connectivity index (χ2n) is 4.67. The molecule has 0 aliphatic heterocycles. The molecule has 1 rings (SSSR count). The lowest BCUT2D eigenvalue weighted by molar-refractivity contribution is -0.136. The molecule has 0 spiro atoms. The first-order valence-electron chi connectivity index (χ1n) is 6.17. The molecule has 1 aromatic rings. The van der Waals surface area contributed by atoms with Crippen molar-refractivity contribution in [3.8, 4) is 0 Å². The van der Waals surface area contributed by atoms with Gasteiger partial charge in [0.25, 0.3) is 0 Å². The van der Waals surface area contributed by atoms with Crippen molar-refractivity contribution in [2.75, 3.05) is 13.2 Å². The van der Waals surface area contributed by atoms with Crippen molar-refractivity contribution in [2.45, 2.75) is 32.9 Å². The maximum absolute atomic E-state index is 10.6. The zero-order chi connectivity index (χ0) is 13.5. The van der Waals surface area contributed by atoms with Crippen LogP contribution in [0.5, 0.6) is 0 Å². The summed E-state index contributed by atoms with van der Waals surface area (Å²) in [5.41, 5.74) is 1.94. The molecule has 100 valence electrons. The van der Waals surface area contributed by atoms with Gasteiger partial charge in [0.1, 0.15) is 0 Å². The van der Waals surface area contributed by atoms with Crippen LogP contribution in [0, 0.1) is 0 Å². The number of rotatable bonds is 7. The van der Waals surface area contributed by atoms with Crippen molar-refractivity contribution in [1.29, 1.82) is 0 Å². The lowest BCUT2D eigenvalue weighted by Crippen LogP contribution is -2.32. The molecule has 0 unspecified atom stereocenters. The summed E-state index contributed by atoms with van der Waals surface area (Å²) < 4.78 is 0. The van der Waals surface area contributed by atoms with Crippen LogP contribution in [0.4, 0.5) is 0 Å². The molecule has 0 aliphatic rings. The maximum Gasteiger partial charge on any atom is 0.307 e. The molecule has 4 nitrogen and oxygen atoms in total. The molecule has 0 saturated heterocycles. The summed E-state index contributed by atoms with van der Waals surface area (Å²) in [5.74, 6) is -0.813.